The van der Waals surface area contributed by atoms with Crippen molar-refractivity contribution >= 4 is 44.8 Å². The number of alkyl halides is 3. The highest BCUT2D eigenvalue weighted by Crippen LogP contribution is 2.44. The Kier molecular flexibility index (Phi) is 3.23. The molecule has 0 aromatic heterocycles. The first-order valence-electron chi connectivity index (χ1n) is 3.17. The van der Waals surface area contributed by atoms with Crippen molar-refractivity contribution in [3.8, 4) is 0 Å². The molecular weight excluding hydrogens is 306 g/mol. The van der Waals surface area contributed by atoms with Crippen LogP contribution in [-0.4, -0.2) is 0 Å². The van der Waals surface area contributed by atoms with Crippen LogP contribution < -0.4 is 5.73 Å². The van der Waals surface area contributed by atoms with Gasteiger partial charge in [-0.2, -0.15) is 13.2 Å². The van der Waals surface area contributed by atoms with Crippen LogP contribution in [-0.2, 0) is 6.18 Å². The summed E-state index contributed by atoms with van der Waals surface area (Å²) in [6, 6.07) is 2.28. The van der Waals surface area contributed by atoms with Gasteiger partial charge in [0, 0.05) is 6.07 Å². The normalized spacial score (nSPS) is 11.9. The fourth-order valence-corrected chi connectivity index (χ4v) is 1.80. The molecule has 1 nitrogen and oxygen atoms in total. The molecule has 0 aliphatic heterocycles. The van der Waals surface area contributed by atoms with Gasteiger partial charge in [-0.3, -0.25) is 0 Å². The maximum Gasteiger partial charge on any atom is 0.419 e. The Morgan fingerprint density at radius 3 is 2.14 bits per heavy atom. The summed E-state index contributed by atoms with van der Waals surface area (Å²) >= 11 is 13.5. The maximum atomic E-state index is 12.4. The minimum atomic E-state index is -4.61. The summed E-state index contributed by atoms with van der Waals surface area (Å²) in [4.78, 5) is 0. The molecule has 0 saturated heterocycles. The van der Waals surface area contributed by atoms with Crippen molar-refractivity contribution in [2.24, 2.45) is 0 Å². The Hall–Kier alpha value is -0.130. The van der Waals surface area contributed by atoms with Crippen LogP contribution in [0.25, 0.3) is 0 Å². The van der Waals surface area contributed by atoms with E-state index in [0.717, 1.165) is 0 Å². The molecule has 0 heterocycles. The molecule has 0 aliphatic rings. The average Bonchev–Trinajstić information content (AvgIpc) is 1.98. The molecule has 14 heavy (non-hydrogen) atoms. The van der Waals surface area contributed by atoms with Gasteiger partial charge in [0.1, 0.15) is 0 Å². The number of anilines is 1. The third-order valence-electron chi connectivity index (χ3n) is 1.42. The number of hydrogen-bond donors (Lipinski definition) is 1. The molecule has 77 valence electrons. The van der Waals surface area contributed by atoms with Crippen LogP contribution in [0.1, 0.15) is 5.56 Å². The lowest BCUT2D eigenvalue weighted by molar-refractivity contribution is -0.137. The van der Waals surface area contributed by atoms with E-state index >= 15 is 0 Å². The summed E-state index contributed by atoms with van der Waals surface area (Å²) in [5.74, 6) is 0. The molecule has 0 aliphatic carbocycles. The van der Waals surface area contributed by atoms with E-state index in [2.05, 4.69) is 22.0 Å². The highest BCUT2D eigenvalue weighted by atomic mass is 79.9. The van der Waals surface area contributed by atoms with Crippen LogP contribution in [0.3, 0.4) is 0 Å². The zero-order chi connectivity index (χ0) is 11.1. The van der Waals surface area contributed by atoms with Gasteiger partial charge in [-0.1, -0.05) is 23.2 Å². The number of benzene rings is 1. The molecule has 0 atom stereocenters. The van der Waals surface area contributed by atoms with E-state index < -0.39 is 17.4 Å². The molecule has 0 unspecified atom stereocenters. The lowest BCUT2D eigenvalue weighted by atomic mass is 10.2. The van der Waals surface area contributed by atoms with Gasteiger partial charge < -0.3 is 5.73 Å². The Morgan fingerprint density at radius 1 is 1.21 bits per heavy atom. The standard InChI is InChI=1S/C7H2BrCl2F3N/c8-5-2(9)1-3(10)6(14)4(5)7(11,12)13/h14H2. The second-order valence-electron chi connectivity index (χ2n) is 2.35. The highest BCUT2D eigenvalue weighted by Gasteiger charge is 2.37. The Bertz CT molecular complexity index is 352. The van der Waals surface area contributed by atoms with Crippen LogP contribution in [0.2, 0.25) is 10.0 Å². The van der Waals surface area contributed by atoms with E-state index in [1.54, 1.807) is 0 Å². The predicted octanol–water partition coefficient (Wildman–Crippen LogP) is 4.16. The second kappa shape index (κ2) is 3.79. The molecule has 1 aromatic carbocycles. The number of halogens is 6. The lowest BCUT2D eigenvalue weighted by Crippen LogP contribution is -2.10. The van der Waals surface area contributed by atoms with Crippen molar-refractivity contribution in [3.05, 3.63) is 26.1 Å². The molecule has 2 N–H and O–H groups in total. The molecule has 1 radical (unpaired) electrons. The zero-order valence-corrected chi connectivity index (χ0v) is 9.44. The molecule has 0 amide bonds. The SMILES string of the molecule is Nc1c(Cl)[c]c(Cl)c(Br)c1C(F)(F)F. The lowest BCUT2D eigenvalue weighted by Gasteiger charge is -2.13. The summed E-state index contributed by atoms with van der Waals surface area (Å²) in [6.45, 7) is 0. The molecular formula is C7H2BrCl2F3N. The van der Waals surface area contributed by atoms with E-state index in [4.69, 9.17) is 28.9 Å². The van der Waals surface area contributed by atoms with Crippen molar-refractivity contribution in [2.45, 2.75) is 6.18 Å². The van der Waals surface area contributed by atoms with Crippen LogP contribution in [0.4, 0.5) is 18.9 Å². The van der Waals surface area contributed by atoms with Gasteiger partial charge in [0.05, 0.1) is 25.8 Å². The Labute approximate surface area is 96.1 Å². The highest BCUT2D eigenvalue weighted by molar-refractivity contribution is 9.10. The summed E-state index contributed by atoms with van der Waals surface area (Å²) in [6.07, 6.45) is -4.61. The molecule has 0 bridgehead atoms. The summed E-state index contributed by atoms with van der Waals surface area (Å²) in [7, 11) is 0. The van der Waals surface area contributed by atoms with Gasteiger partial charge in [-0.25, -0.2) is 0 Å². The summed E-state index contributed by atoms with van der Waals surface area (Å²) in [5, 5.41) is -0.595. The van der Waals surface area contributed by atoms with Gasteiger partial charge in [0.2, 0.25) is 0 Å². The minimum absolute atomic E-state index is 0.253. The van der Waals surface area contributed by atoms with E-state index in [0.29, 0.717) is 0 Å². The van der Waals surface area contributed by atoms with Gasteiger partial charge in [0.15, 0.2) is 0 Å². The number of nitrogen functional groups attached to an aromatic ring is 1. The van der Waals surface area contributed by atoms with Crippen molar-refractivity contribution in [2.75, 3.05) is 5.73 Å². The number of rotatable bonds is 0. The maximum absolute atomic E-state index is 12.4. The van der Waals surface area contributed by atoms with Crippen molar-refractivity contribution in [1.82, 2.24) is 0 Å². The molecule has 1 rings (SSSR count). The van der Waals surface area contributed by atoms with Gasteiger partial charge in [-0.05, 0) is 15.9 Å². The monoisotopic (exact) mass is 306 g/mol. The average molecular weight is 308 g/mol. The first-order valence-corrected chi connectivity index (χ1v) is 4.72. The molecule has 1 aromatic rings. The fourth-order valence-electron chi connectivity index (χ4n) is 0.833. The molecule has 0 saturated carbocycles. The fraction of sp³-hybridized carbons (Fsp3) is 0.143. The second-order valence-corrected chi connectivity index (χ2v) is 3.90. The van der Waals surface area contributed by atoms with Crippen LogP contribution in [0, 0.1) is 6.07 Å². The van der Waals surface area contributed by atoms with Crippen molar-refractivity contribution < 1.29 is 13.2 Å². The van der Waals surface area contributed by atoms with Crippen LogP contribution in [0.15, 0.2) is 4.47 Å². The summed E-state index contributed by atoms with van der Waals surface area (Å²) in [5.41, 5.74) is 3.50. The Balaban J connectivity index is 3.56. The quantitative estimate of drug-likeness (QED) is 0.565. The minimum Gasteiger partial charge on any atom is -0.397 e. The van der Waals surface area contributed by atoms with Gasteiger partial charge >= 0.3 is 6.18 Å². The number of nitrogens with two attached hydrogens (primary N) is 1. The van der Waals surface area contributed by atoms with Crippen molar-refractivity contribution in [1.29, 1.82) is 0 Å². The zero-order valence-electron chi connectivity index (χ0n) is 6.35. The van der Waals surface area contributed by atoms with Crippen molar-refractivity contribution in [3.63, 3.8) is 0 Å². The predicted molar refractivity (Wildman–Crippen MR) is 52.4 cm³/mol. The smallest absolute Gasteiger partial charge is 0.397 e. The van der Waals surface area contributed by atoms with Gasteiger partial charge in [-0.15, -0.1) is 0 Å². The third kappa shape index (κ3) is 2.10. The Morgan fingerprint density at radius 2 is 1.71 bits per heavy atom. The molecule has 0 spiro atoms. The number of hydrogen-bond acceptors (Lipinski definition) is 1. The van der Waals surface area contributed by atoms with Crippen LogP contribution >= 0.6 is 39.1 Å². The topological polar surface area (TPSA) is 26.0 Å². The summed E-state index contributed by atoms with van der Waals surface area (Å²) < 4.78 is 36.9. The van der Waals surface area contributed by atoms with E-state index in [1.165, 1.54) is 0 Å². The first-order chi connectivity index (χ1) is 6.25. The van der Waals surface area contributed by atoms with Crippen LogP contribution in [0.5, 0.6) is 0 Å². The molecule has 0 fully saturated rings. The third-order valence-corrected chi connectivity index (χ3v) is 3.02. The van der Waals surface area contributed by atoms with Gasteiger partial charge in [0.25, 0.3) is 0 Å². The first kappa shape index (κ1) is 11.9. The largest absolute Gasteiger partial charge is 0.419 e. The van der Waals surface area contributed by atoms with E-state index in [1.807, 2.05) is 0 Å². The molecule has 7 heteroatoms. The van der Waals surface area contributed by atoms with E-state index in [9.17, 15) is 13.2 Å². The van der Waals surface area contributed by atoms with E-state index in [-0.39, 0.29) is 14.5 Å².